The van der Waals surface area contributed by atoms with E-state index in [1.165, 1.54) is 11.1 Å². The quantitative estimate of drug-likeness (QED) is 0.872. The summed E-state index contributed by atoms with van der Waals surface area (Å²) >= 11 is 0. The highest BCUT2D eigenvalue weighted by atomic mass is 16.5. The van der Waals surface area contributed by atoms with Gasteiger partial charge in [0.05, 0.1) is 7.11 Å². The van der Waals surface area contributed by atoms with Gasteiger partial charge in [-0.25, -0.2) is 0 Å². The van der Waals surface area contributed by atoms with Crippen LogP contribution in [0.5, 0.6) is 11.5 Å². The Bertz CT molecular complexity index is 680. The average molecular weight is 328 g/mol. The van der Waals surface area contributed by atoms with Crippen molar-refractivity contribution >= 4 is 5.78 Å². The molecule has 0 bridgehead atoms. The van der Waals surface area contributed by atoms with Crippen LogP contribution in [0.15, 0.2) is 12.1 Å². The number of ether oxygens (including phenoxy) is 1. The SMILES string of the molecule is CCC1CC2C3CCc4cc(O)c(OC)cc4C3CC[C@]2(C)C1=O. The summed E-state index contributed by atoms with van der Waals surface area (Å²) in [4.78, 5) is 12.9. The lowest BCUT2D eigenvalue weighted by molar-refractivity contribution is -0.132. The van der Waals surface area contributed by atoms with E-state index < -0.39 is 0 Å². The first-order valence-electron chi connectivity index (χ1n) is 9.43. The molecule has 0 radical (unpaired) electrons. The third-order valence-corrected chi connectivity index (χ3v) is 7.38. The van der Waals surface area contributed by atoms with E-state index in [1.54, 1.807) is 7.11 Å². The van der Waals surface area contributed by atoms with Gasteiger partial charge in [-0.15, -0.1) is 0 Å². The Kier molecular flexibility index (Phi) is 3.67. The minimum Gasteiger partial charge on any atom is -0.504 e. The van der Waals surface area contributed by atoms with Crippen LogP contribution in [0.2, 0.25) is 0 Å². The largest absolute Gasteiger partial charge is 0.504 e. The first-order chi connectivity index (χ1) is 11.5. The Morgan fingerprint density at radius 2 is 2.12 bits per heavy atom. The number of aromatic hydroxyl groups is 1. The van der Waals surface area contributed by atoms with Gasteiger partial charge < -0.3 is 9.84 Å². The molecule has 2 saturated carbocycles. The number of hydrogen-bond acceptors (Lipinski definition) is 3. The molecular weight excluding hydrogens is 300 g/mol. The number of benzene rings is 1. The van der Waals surface area contributed by atoms with Crippen LogP contribution in [-0.4, -0.2) is 18.0 Å². The number of hydrogen-bond donors (Lipinski definition) is 1. The Hall–Kier alpha value is -1.51. The molecule has 3 nitrogen and oxygen atoms in total. The van der Waals surface area contributed by atoms with E-state index >= 15 is 0 Å². The molecule has 1 N–H and O–H groups in total. The fourth-order valence-corrected chi connectivity index (χ4v) is 6.04. The maximum absolute atomic E-state index is 12.9. The zero-order chi connectivity index (χ0) is 17.1. The number of aryl methyl sites for hydroxylation is 1. The summed E-state index contributed by atoms with van der Waals surface area (Å²) < 4.78 is 5.34. The molecular formula is C21H28O3. The molecule has 5 atom stereocenters. The normalized spacial score (nSPS) is 37.5. The third-order valence-electron chi connectivity index (χ3n) is 7.38. The third kappa shape index (κ3) is 2.06. The van der Waals surface area contributed by atoms with Crippen LogP contribution in [0.1, 0.15) is 63.0 Å². The van der Waals surface area contributed by atoms with Gasteiger partial charge in [-0.1, -0.05) is 13.8 Å². The Labute approximate surface area is 144 Å². The van der Waals surface area contributed by atoms with Crippen molar-refractivity contribution in [3.8, 4) is 11.5 Å². The number of methoxy groups -OCH3 is 1. The summed E-state index contributed by atoms with van der Waals surface area (Å²) in [5, 5.41) is 10.1. The lowest BCUT2D eigenvalue weighted by Crippen LogP contribution is -2.42. The average Bonchev–Trinajstić information content (AvgIpc) is 2.85. The molecule has 0 heterocycles. The van der Waals surface area contributed by atoms with Crippen LogP contribution in [0.25, 0.3) is 0 Å². The molecule has 1 aromatic carbocycles. The second-order valence-electron chi connectivity index (χ2n) is 8.30. The number of fused-ring (bicyclic) bond motifs is 5. The van der Waals surface area contributed by atoms with Gasteiger partial charge in [0, 0.05) is 11.3 Å². The van der Waals surface area contributed by atoms with Crippen molar-refractivity contribution in [2.24, 2.45) is 23.2 Å². The van der Waals surface area contributed by atoms with E-state index in [0.29, 0.717) is 29.3 Å². The van der Waals surface area contributed by atoms with Gasteiger partial charge in [0.15, 0.2) is 11.5 Å². The molecule has 4 rings (SSSR count). The topological polar surface area (TPSA) is 46.5 Å². The zero-order valence-corrected chi connectivity index (χ0v) is 15.0. The molecule has 130 valence electrons. The van der Waals surface area contributed by atoms with Gasteiger partial charge in [-0.05, 0) is 79.5 Å². The predicted molar refractivity (Wildman–Crippen MR) is 93.4 cm³/mol. The van der Waals surface area contributed by atoms with E-state index in [4.69, 9.17) is 4.74 Å². The van der Waals surface area contributed by atoms with Crippen molar-refractivity contribution in [2.75, 3.05) is 7.11 Å². The highest BCUT2D eigenvalue weighted by molar-refractivity contribution is 5.89. The number of Topliss-reactive ketones (excluding diaryl/α,β-unsaturated/α-hetero) is 1. The van der Waals surface area contributed by atoms with Crippen LogP contribution in [0.4, 0.5) is 0 Å². The van der Waals surface area contributed by atoms with Gasteiger partial charge in [0.1, 0.15) is 5.78 Å². The molecule has 3 heteroatoms. The van der Waals surface area contributed by atoms with E-state index in [1.807, 2.05) is 6.07 Å². The van der Waals surface area contributed by atoms with Gasteiger partial charge >= 0.3 is 0 Å². The number of phenolic OH excluding ortho intramolecular Hbond substituents is 1. The van der Waals surface area contributed by atoms with Gasteiger partial charge in [0.2, 0.25) is 0 Å². The Balaban J connectivity index is 1.72. The molecule has 1 aromatic rings. The maximum atomic E-state index is 12.9. The van der Waals surface area contributed by atoms with Crippen molar-refractivity contribution in [3.63, 3.8) is 0 Å². The van der Waals surface area contributed by atoms with Crippen molar-refractivity contribution in [1.29, 1.82) is 0 Å². The summed E-state index contributed by atoms with van der Waals surface area (Å²) in [7, 11) is 1.61. The van der Waals surface area contributed by atoms with Gasteiger partial charge in [0.25, 0.3) is 0 Å². The molecule has 3 aliphatic carbocycles. The van der Waals surface area contributed by atoms with E-state index in [0.717, 1.165) is 38.5 Å². The standard InChI is InChI=1S/C21H28O3/c1-4-12-9-17-15-6-5-13-10-18(22)19(24-3)11-16(13)14(15)7-8-21(17,2)20(12)23/h10-12,14-15,17,22H,4-9H2,1-3H3/t12?,14?,15?,17?,21-/m0/s1. The Morgan fingerprint density at radius 1 is 1.33 bits per heavy atom. The highest BCUT2D eigenvalue weighted by Crippen LogP contribution is 2.61. The fourth-order valence-electron chi connectivity index (χ4n) is 6.04. The van der Waals surface area contributed by atoms with Crippen molar-refractivity contribution < 1.29 is 14.6 Å². The zero-order valence-electron chi connectivity index (χ0n) is 15.0. The lowest BCUT2D eigenvalue weighted by Gasteiger charge is -2.48. The molecule has 2 fully saturated rings. The minimum atomic E-state index is -0.0969. The number of phenols is 1. The summed E-state index contributed by atoms with van der Waals surface area (Å²) in [5.74, 6) is 3.28. The van der Waals surface area contributed by atoms with Crippen LogP contribution in [-0.2, 0) is 11.2 Å². The lowest BCUT2D eigenvalue weighted by atomic mass is 9.55. The van der Waals surface area contributed by atoms with Crippen molar-refractivity contribution in [3.05, 3.63) is 23.3 Å². The number of carbonyl (C=O) groups excluding carboxylic acids is 1. The second-order valence-corrected chi connectivity index (χ2v) is 8.30. The minimum absolute atomic E-state index is 0.0969. The summed E-state index contributed by atoms with van der Waals surface area (Å²) in [6.45, 7) is 4.39. The maximum Gasteiger partial charge on any atom is 0.160 e. The van der Waals surface area contributed by atoms with E-state index in [2.05, 4.69) is 19.9 Å². The monoisotopic (exact) mass is 328 g/mol. The smallest absolute Gasteiger partial charge is 0.160 e. The number of rotatable bonds is 2. The number of carbonyl (C=O) groups is 1. The van der Waals surface area contributed by atoms with Gasteiger partial charge in [-0.2, -0.15) is 0 Å². The summed E-state index contributed by atoms with van der Waals surface area (Å²) in [5.41, 5.74) is 2.53. The molecule has 0 aliphatic heterocycles. The second kappa shape index (κ2) is 5.50. The van der Waals surface area contributed by atoms with Crippen LogP contribution in [0.3, 0.4) is 0 Å². The first-order valence-corrected chi connectivity index (χ1v) is 9.43. The predicted octanol–water partition coefficient (Wildman–Crippen LogP) is 4.46. The molecule has 0 amide bonds. The Morgan fingerprint density at radius 3 is 2.83 bits per heavy atom. The molecule has 4 unspecified atom stereocenters. The van der Waals surface area contributed by atoms with Crippen molar-refractivity contribution in [2.45, 2.75) is 58.3 Å². The van der Waals surface area contributed by atoms with Crippen LogP contribution in [0, 0.1) is 23.2 Å². The van der Waals surface area contributed by atoms with Gasteiger partial charge in [-0.3, -0.25) is 4.79 Å². The molecule has 0 aromatic heterocycles. The number of ketones is 1. The highest BCUT2D eigenvalue weighted by Gasteiger charge is 2.57. The molecule has 0 saturated heterocycles. The molecule has 24 heavy (non-hydrogen) atoms. The summed E-state index contributed by atoms with van der Waals surface area (Å²) in [6.07, 6.45) is 6.31. The van der Waals surface area contributed by atoms with Crippen LogP contribution < -0.4 is 4.74 Å². The van der Waals surface area contributed by atoms with E-state index in [-0.39, 0.29) is 17.1 Å². The van der Waals surface area contributed by atoms with Crippen LogP contribution >= 0.6 is 0 Å². The fraction of sp³-hybridized carbons (Fsp3) is 0.667. The first kappa shape index (κ1) is 16.0. The van der Waals surface area contributed by atoms with Crippen molar-refractivity contribution in [1.82, 2.24) is 0 Å². The summed E-state index contributed by atoms with van der Waals surface area (Å²) in [6, 6.07) is 3.95. The molecule has 3 aliphatic rings. The molecule has 0 spiro atoms. The van der Waals surface area contributed by atoms with E-state index in [9.17, 15) is 9.90 Å².